The van der Waals surface area contributed by atoms with Crippen molar-refractivity contribution in [3.63, 3.8) is 0 Å². The van der Waals surface area contributed by atoms with E-state index >= 15 is 0 Å². The molecule has 0 saturated carbocycles. The second kappa shape index (κ2) is 2.47. The van der Waals surface area contributed by atoms with Gasteiger partial charge in [-0.1, -0.05) is 0 Å². The number of nitrogens with two attached hydrogens (primary N) is 1. The number of fused-ring (bicyclic) bond motifs is 1. The van der Waals surface area contributed by atoms with Crippen LogP contribution in [0.1, 0.15) is 5.56 Å². The molecule has 0 aliphatic carbocycles. The van der Waals surface area contributed by atoms with Gasteiger partial charge < -0.3 is 15.4 Å². The second-order valence-electron chi connectivity index (χ2n) is 2.74. The molecular formula is C7H7BFNO2. The van der Waals surface area contributed by atoms with Gasteiger partial charge in [0.2, 0.25) is 0 Å². The van der Waals surface area contributed by atoms with E-state index < -0.39 is 12.9 Å². The third-order valence-corrected chi connectivity index (χ3v) is 1.88. The zero-order valence-corrected chi connectivity index (χ0v) is 6.25. The van der Waals surface area contributed by atoms with Crippen molar-refractivity contribution in [3.05, 3.63) is 23.5 Å². The predicted octanol–water partition coefficient (Wildman–Crippen LogP) is -0.374. The second-order valence-corrected chi connectivity index (χ2v) is 2.74. The summed E-state index contributed by atoms with van der Waals surface area (Å²) in [5, 5.41) is 9.15. The number of nitrogen functional groups attached to an aromatic ring is 1. The molecule has 0 bridgehead atoms. The molecule has 0 atom stereocenters. The highest BCUT2D eigenvalue weighted by Crippen LogP contribution is 2.15. The highest BCUT2D eigenvalue weighted by Gasteiger charge is 2.30. The molecule has 0 amide bonds. The number of hydrogen-bond donors (Lipinski definition) is 2. The van der Waals surface area contributed by atoms with E-state index in [-0.39, 0.29) is 12.1 Å². The lowest BCUT2D eigenvalue weighted by Crippen LogP contribution is -2.31. The summed E-state index contributed by atoms with van der Waals surface area (Å²) in [6, 6.07) is 2.78. The lowest BCUT2D eigenvalue weighted by atomic mass is 9.79. The van der Waals surface area contributed by atoms with Crippen LogP contribution < -0.4 is 11.2 Å². The van der Waals surface area contributed by atoms with Crippen LogP contribution in [0.3, 0.4) is 0 Å². The van der Waals surface area contributed by atoms with Gasteiger partial charge in [-0.3, -0.25) is 0 Å². The fraction of sp³-hybridized carbons (Fsp3) is 0.143. The highest BCUT2D eigenvalue weighted by atomic mass is 19.1. The minimum Gasteiger partial charge on any atom is -0.423 e. The first-order valence-corrected chi connectivity index (χ1v) is 3.56. The molecule has 0 spiro atoms. The van der Waals surface area contributed by atoms with E-state index in [1.807, 2.05) is 0 Å². The van der Waals surface area contributed by atoms with Crippen LogP contribution in [0, 0.1) is 5.82 Å². The van der Waals surface area contributed by atoms with Gasteiger partial charge >= 0.3 is 7.12 Å². The summed E-state index contributed by atoms with van der Waals surface area (Å²) in [5.41, 5.74) is 6.59. The van der Waals surface area contributed by atoms with E-state index in [2.05, 4.69) is 0 Å². The van der Waals surface area contributed by atoms with Crippen molar-refractivity contribution < 1.29 is 14.1 Å². The largest absolute Gasteiger partial charge is 0.494 e. The van der Waals surface area contributed by atoms with E-state index in [0.29, 0.717) is 11.3 Å². The van der Waals surface area contributed by atoms with Gasteiger partial charge in [0.1, 0.15) is 5.82 Å². The summed E-state index contributed by atoms with van der Waals surface area (Å²) >= 11 is 0. The summed E-state index contributed by atoms with van der Waals surface area (Å²) in [7, 11) is -1.14. The predicted molar refractivity (Wildman–Crippen MR) is 43.2 cm³/mol. The lowest BCUT2D eigenvalue weighted by Gasteiger charge is -2.01. The average molecular weight is 167 g/mol. The van der Waals surface area contributed by atoms with E-state index in [0.717, 1.165) is 0 Å². The maximum atomic E-state index is 13.1. The summed E-state index contributed by atoms with van der Waals surface area (Å²) in [4.78, 5) is 0. The van der Waals surface area contributed by atoms with Gasteiger partial charge in [0, 0.05) is 11.2 Å². The van der Waals surface area contributed by atoms with Gasteiger partial charge in [0.05, 0.1) is 6.61 Å². The van der Waals surface area contributed by atoms with Crippen LogP contribution >= 0.6 is 0 Å². The Morgan fingerprint density at radius 3 is 3.08 bits per heavy atom. The molecule has 1 aliphatic heterocycles. The Hall–Kier alpha value is -1.07. The molecule has 2 rings (SSSR count). The maximum absolute atomic E-state index is 13.1. The molecule has 5 heteroatoms. The fourth-order valence-corrected chi connectivity index (χ4v) is 1.35. The minimum atomic E-state index is -1.14. The topological polar surface area (TPSA) is 55.5 Å². The monoisotopic (exact) mass is 167 g/mol. The molecule has 12 heavy (non-hydrogen) atoms. The first-order chi connectivity index (χ1) is 5.68. The van der Waals surface area contributed by atoms with Gasteiger partial charge in [-0.15, -0.1) is 0 Å². The van der Waals surface area contributed by atoms with Crippen molar-refractivity contribution in [2.45, 2.75) is 6.61 Å². The Balaban J connectivity index is 2.60. The molecule has 1 heterocycles. The van der Waals surface area contributed by atoms with Crippen molar-refractivity contribution in [2.24, 2.45) is 0 Å². The van der Waals surface area contributed by atoms with Crippen molar-refractivity contribution >= 4 is 18.3 Å². The minimum absolute atomic E-state index is 0.212. The Morgan fingerprint density at radius 2 is 2.33 bits per heavy atom. The highest BCUT2D eigenvalue weighted by molar-refractivity contribution is 6.61. The first-order valence-electron chi connectivity index (χ1n) is 3.56. The normalized spacial score (nSPS) is 15.0. The van der Waals surface area contributed by atoms with Gasteiger partial charge in [-0.05, 0) is 17.7 Å². The SMILES string of the molecule is Nc1cc(F)c2c(c1)COB2O. The van der Waals surface area contributed by atoms with Crippen LogP contribution in [0.2, 0.25) is 0 Å². The number of hydrogen-bond acceptors (Lipinski definition) is 3. The van der Waals surface area contributed by atoms with Gasteiger partial charge in [0.15, 0.2) is 0 Å². The van der Waals surface area contributed by atoms with Gasteiger partial charge in [-0.25, -0.2) is 4.39 Å². The van der Waals surface area contributed by atoms with Crippen molar-refractivity contribution in [1.29, 1.82) is 0 Å². The molecule has 1 aliphatic rings. The fourth-order valence-electron chi connectivity index (χ4n) is 1.35. The third kappa shape index (κ3) is 0.982. The van der Waals surface area contributed by atoms with Crippen molar-refractivity contribution in [2.75, 3.05) is 5.73 Å². The molecular weight excluding hydrogens is 160 g/mol. The number of rotatable bonds is 0. The van der Waals surface area contributed by atoms with Crippen molar-refractivity contribution in [1.82, 2.24) is 0 Å². The number of halogens is 1. The average Bonchev–Trinajstić information content (AvgIpc) is 2.31. The zero-order chi connectivity index (χ0) is 8.72. The molecule has 1 aromatic rings. The molecule has 62 valence electrons. The molecule has 3 nitrogen and oxygen atoms in total. The van der Waals surface area contributed by atoms with E-state index in [4.69, 9.17) is 15.4 Å². The smallest absolute Gasteiger partial charge is 0.423 e. The van der Waals surface area contributed by atoms with Crippen LogP contribution in [0.15, 0.2) is 12.1 Å². The molecule has 1 aromatic carbocycles. The standard InChI is InChI=1S/C7H7BFNO2/c9-6-2-5(10)1-4-3-12-8(11)7(4)6/h1-2,11H,3,10H2. The summed E-state index contributed by atoms with van der Waals surface area (Å²) < 4.78 is 17.9. The molecule has 0 unspecified atom stereocenters. The first kappa shape index (κ1) is 7.58. The Kier molecular flexibility index (Phi) is 1.56. The summed E-state index contributed by atoms with van der Waals surface area (Å²) in [6.45, 7) is 0.221. The van der Waals surface area contributed by atoms with Gasteiger partial charge in [0.25, 0.3) is 0 Å². The van der Waals surface area contributed by atoms with Crippen LogP contribution in [0.5, 0.6) is 0 Å². The zero-order valence-electron chi connectivity index (χ0n) is 6.25. The Labute approximate surface area is 69.1 Å². The molecule has 0 aromatic heterocycles. The van der Waals surface area contributed by atoms with Crippen LogP contribution in [-0.4, -0.2) is 12.1 Å². The Morgan fingerprint density at radius 1 is 1.58 bits per heavy atom. The number of anilines is 1. The molecule has 0 radical (unpaired) electrons. The summed E-state index contributed by atoms with van der Waals surface area (Å²) in [5.74, 6) is -0.505. The number of benzene rings is 1. The van der Waals surface area contributed by atoms with Crippen LogP contribution in [0.25, 0.3) is 0 Å². The van der Waals surface area contributed by atoms with E-state index in [1.54, 1.807) is 6.07 Å². The Bertz CT molecular complexity index is 331. The van der Waals surface area contributed by atoms with E-state index in [9.17, 15) is 4.39 Å². The van der Waals surface area contributed by atoms with E-state index in [1.165, 1.54) is 6.07 Å². The van der Waals surface area contributed by atoms with Crippen molar-refractivity contribution in [3.8, 4) is 0 Å². The lowest BCUT2D eigenvalue weighted by molar-refractivity contribution is 0.275. The van der Waals surface area contributed by atoms with Crippen LogP contribution in [0.4, 0.5) is 10.1 Å². The third-order valence-electron chi connectivity index (χ3n) is 1.88. The van der Waals surface area contributed by atoms with Crippen LogP contribution in [-0.2, 0) is 11.3 Å². The van der Waals surface area contributed by atoms with Gasteiger partial charge in [-0.2, -0.15) is 0 Å². The molecule has 0 fully saturated rings. The quantitative estimate of drug-likeness (QED) is 0.409. The molecule has 3 N–H and O–H groups in total. The molecule has 0 saturated heterocycles. The summed E-state index contributed by atoms with van der Waals surface area (Å²) in [6.07, 6.45) is 0. The maximum Gasteiger partial charge on any atom is 0.494 e.